The van der Waals surface area contributed by atoms with E-state index in [1.807, 2.05) is 34.0 Å². The van der Waals surface area contributed by atoms with Crippen LogP contribution in [0.15, 0.2) is 6.20 Å². The topological polar surface area (TPSA) is 87.5 Å². The van der Waals surface area contributed by atoms with Gasteiger partial charge in [0.25, 0.3) is 0 Å². The van der Waals surface area contributed by atoms with Crippen LogP contribution in [-0.4, -0.2) is 44.4 Å². The summed E-state index contributed by atoms with van der Waals surface area (Å²) in [6.45, 7) is 6.34. The van der Waals surface area contributed by atoms with Crippen molar-refractivity contribution in [2.45, 2.75) is 46.2 Å². The van der Waals surface area contributed by atoms with Crippen LogP contribution in [0.5, 0.6) is 0 Å². The number of hydrogen-bond donors (Lipinski definition) is 2. The Balaban J connectivity index is 2.62. The molecule has 1 heterocycles. The third-order valence-electron chi connectivity index (χ3n) is 3.21. The highest BCUT2D eigenvalue weighted by Crippen LogP contribution is 2.08. The average molecular weight is 296 g/mol. The van der Waals surface area contributed by atoms with E-state index in [0.29, 0.717) is 6.54 Å². The van der Waals surface area contributed by atoms with Crippen LogP contribution >= 0.6 is 0 Å². The summed E-state index contributed by atoms with van der Waals surface area (Å²) < 4.78 is 1.73. The minimum atomic E-state index is -0.908. The molecule has 0 fully saturated rings. The molecule has 0 saturated carbocycles. The molecule has 0 aliphatic heterocycles. The normalized spacial score (nSPS) is 10.7. The Morgan fingerprint density at radius 2 is 2.14 bits per heavy atom. The maximum absolute atomic E-state index is 12.2. The van der Waals surface area contributed by atoms with Crippen molar-refractivity contribution in [1.29, 1.82) is 0 Å². The van der Waals surface area contributed by atoms with Crippen molar-refractivity contribution in [1.82, 2.24) is 20.0 Å². The largest absolute Gasteiger partial charge is 0.481 e. The van der Waals surface area contributed by atoms with Crippen molar-refractivity contribution >= 4 is 12.0 Å². The molecule has 21 heavy (non-hydrogen) atoms. The highest BCUT2D eigenvalue weighted by molar-refractivity contribution is 5.75. The molecule has 0 radical (unpaired) electrons. The summed E-state index contributed by atoms with van der Waals surface area (Å²) in [4.78, 5) is 24.3. The van der Waals surface area contributed by atoms with Gasteiger partial charge in [0.05, 0.1) is 12.1 Å². The first kappa shape index (κ1) is 17.0. The predicted octanol–water partition coefficient (Wildman–Crippen LogP) is 1.38. The van der Waals surface area contributed by atoms with Crippen LogP contribution in [0.4, 0.5) is 4.79 Å². The summed E-state index contributed by atoms with van der Waals surface area (Å²) in [5.41, 5.74) is 1.94. The van der Waals surface area contributed by atoms with Gasteiger partial charge in [-0.25, -0.2) is 4.79 Å². The van der Waals surface area contributed by atoms with Crippen LogP contribution in [0, 0.1) is 0 Å². The van der Waals surface area contributed by atoms with Gasteiger partial charge in [0.1, 0.15) is 0 Å². The van der Waals surface area contributed by atoms with E-state index in [1.54, 1.807) is 4.68 Å². The molecule has 0 atom stereocenters. The Morgan fingerprint density at radius 3 is 2.67 bits per heavy atom. The van der Waals surface area contributed by atoms with Gasteiger partial charge < -0.3 is 15.3 Å². The fourth-order valence-corrected chi connectivity index (χ4v) is 2.11. The number of aliphatic carboxylic acids is 1. The Kier molecular flexibility index (Phi) is 6.20. The molecule has 2 N–H and O–H groups in total. The Hall–Kier alpha value is -2.05. The van der Waals surface area contributed by atoms with Crippen LogP contribution in [0.3, 0.4) is 0 Å². The second kappa shape index (κ2) is 7.66. The first-order valence-electron chi connectivity index (χ1n) is 7.12. The molecule has 0 bridgehead atoms. The monoisotopic (exact) mass is 296 g/mol. The quantitative estimate of drug-likeness (QED) is 0.795. The standard InChI is InChI=1S/C14H24N4O3/c1-5-12-11(9-17(4)16-12)8-15-14(21)18(10(2)3)7-6-13(19)20/h9-10H,5-8H2,1-4H3,(H,15,21)(H,19,20). The number of nitrogens with one attached hydrogen (secondary N) is 1. The molecule has 1 aromatic rings. The third kappa shape index (κ3) is 5.09. The number of aromatic nitrogens is 2. The molecule has 0 aliphatic carbocycles. The van der Waals surface area contributed by atoms with Crippen LogP contribution < -0.4 is 5.32 Å². The molecule has 0 spiro atoms. The lowest BCUT2D eigenvalue weighted by Crippen LogP contribution is -2.44. The van der Waals surface area contributed by atoms with Gasteiger partial charge in [-0.3, -0.25) is 9.48 Å². The van der Waals surface area contributed by atoms with E-state index in [1.165, 1.54) is 4.90 Å². The van der Waals surface area contributed by atoms with Crippen molar-refractivity contribution in [3.8, 4) is 0 Å². The number of amides is 2. The van der Waals surface area contributed by atoms with Crippen molar-refractivity contribution in [2.75, 3.05) is 6.54 Å². The number of hydrogen-bond acceptors (Lipinski definition) is 3. The SMILES string of the molecule is CCc1nn(C)cc1CNC(=O)N(CCC(=O)O)C(C)C. The smallest absolute Gasteiger partial charge is 0.317 e. The zero-order valence-electron chi connectivity index (χ0n) is 13.1. The van der Waals surface area contributed by atoms with E-state index in [0.717, 1.165) is 17.7 Å². The molecule has 0 unspecified atom stereocenters. The summed E-state index contributed by atoms with van der Waals surface area (Å²) >= 11 is 0. The van der Waals surface area contributed by atoms with Crippen LogP contribution in [0.25, 0.3) is 0 Å². The van der Waals surface area contributed by atoms with Gasteiger partial charge in [-0.15, -0.1) is 0 Å². The maximum Gasteiger partial charge on any atom is 0.317 e. The van der Waals surface area contributed by atoms with Gasteiger partial charge >= 0.3 is 12.0 Å². The van der Waals surface area contributed by atoms with Gasteiger partial charge in [-0.05, 0) is 20.3 Å². The number of aryl methyl sites for hydroxylation is 2. The Morgan fingerprint density at radius 1 is 1.48 bits per heavy atom. The second-order valence-corrected chi connectivity index (χ2v) is 5.22. The second-order valence-electron chi connectivity index (χ2n) is 5.22. The molecule has 0 saturated heterocycles. The fourth-order valence-electron chi connectivity index (χ4n) is 2.11. The summed E-state index contributed by atoms with van der Waals surface area (Å²) in [5, 5.41) is 15.9. The van der Waals surface area contributed by atoms with Gasteiger partial charge in [-0.2, -0.15) is 5.10 Å². The predicted molar refractivity (Wildman–Crippen MR) is 78.9 cm³/mol. The summed E-state index contributed by atoms with van der Waals surface area (Å²) in [6.07, 6.45) is 2.63. The Bertz CT molecular complexity index is 496. The van der Waals surface area contributed by atoms with E-state index >= 15 is 0 Å². The molecule has 7 heteroatoms. The lowest BCUT2D eigenvalue weighted by molar-refractivity contribution is -0.137. The van der Waals surface area contributed by atoms with Crippen LogP contribution in [0.2, 0.25) is 0 Å². The van der Waals surface area contributed by atoms with E-state index in [9.17, 15) is 9.59 Å². The van der Waals surface area contributed by atoms with Gasteiger partial charge in [-0.1, -0.05) is 6.92 Å². The number of nitrogens with zero attached hydrogens (tertiary/aromatic N) is 3. The average Bonchev–Trinajstić information content (AvgIpc) is 2.76. The lowest BCUT2D eigenvalue weighted by atomic mass is 10.2. The summed E-state index contributed by atoms with van der Waals surface area (Å²) in [5.74, 6) is -0.908. The fraction of sp³-hybridized carbons (Fsp3) is 0.643. The zero-order valence-corrected chi connectivity index (χ0v) is 13.1. The molecular formula is C14H24N4O3. The molecule has 1 aromatic heterocycles. The number of carboxylic acids is 1. The van der Waals surface area contributed by atoms with Crippen molar-refractivity contribution in [3.63, 3.8) is 0 Å². The van der Waals surface area contributed by atoms with Crippen molar-refractivity contribution < 1.29 is 14.7 Å². The van der Waals surface area contributed by atoms with E-state index in [4.69, 9.17) is 5.11 Å². The maximum atomic E-state index is 12.2. The lowest BCUT2D eigenvalue weighted by Gasteiger charge is -2.26. The van der Waals surface area contributed by atoms with Gasteiger partial charge in [0.15, 0.2) is 0 Å². The number of carbonyl (C=O) groups excluding carboxylic acids is 1. The zero-order chi connectivity index (χ0) is 16.0. The first-order chi connectivity index (χ1) is 9.85. The van der Waals surface area contributed by atoms with Crippen LogP contribution in [0.1, 0.15) is 38.4 Å². The molecule has 7 nitrogen and oxygen atoms in total. The molecule has 1 rings (SSSR count). The highest BCUT2D eigenvalue weighted by atomic mass is 16.4. The number of carbonyl (C=O) groups is 2. The highest BCUT2D eigenvalue weighted by Gasteiger charge is 2.18. The summed E-state index contributed by atoms with van der Waals surface area (Å²) in [6, 6.07) is -0.305. The molecule has 0 aromatic carbocycles. The number of urea groups is 1. The van der Waals surface area contributed by atoms with Crippen molar-refractivity contribution in [3.05, 3.63) is 17.5 Å². The minimum absolute atomic E-state index is 0.0520. The molecule has 118 valence electrons. The molecule has 0 aliphatic rings. The summed E-state index contributed by atoms with van der Waals surface area (Å²) in [7, 11) is 1.85. The minimum Gasteiger partial charge on any atom is -0.481 e. The first-order valence-corrected chi connectivity index (χ1v) is 7.12. The van der Waals surface area contributed by atoms with Crippen LogP contribution in [-0.2, 0) is 24.8 Å². The van der Waals surface area contributed by atoms with E-state index in [-0.39, 0.29) is 25.0 Å². The van der Waals surface area contributed by atoms with Crippen molar-refractivity contribution in [2.24, 2.45) is 7.05 Å². The van der Waals surface area contributed by atoms with E-state index in [2.05, 4.69) is 10.4 Å². The van der Waals surface area contributed by atoms with Gasteiger partial charge in [0, 0.05) is 37.9 Å². The van der Waals surface area contributed by atoms with E-state index < -0.39 is 5.97 Å². The third-order valence-corrected chi connectivity index (χ3v) is 3.21. The van der Waals surface area contributed by atoms with Gasteiger partial charge in [0.2, 0.25) is 0 Å². The number of rotatable bonds is 7. The number of carboxylic acid groups (broad SMARTS) is 1. The molecule has 2 amide bonds. The Labute approximate surface area is 124 Å². The molecular weight excluding hydrogens is 272 g/mol.